The van der Waals surface area contributed by atoms with E-state index in [1.54, 1.807) is 0 Å². The molecule has 1 amide bonds. The SMILES string of the molecule is CCCCCCCCCCCCCCCCCC(=O)Nc1ncccc1C(O)P(=O)(O)O. The Morgan fingerprint density at radius 3 is 1.84 bits per heavy atom. The molecule has 0 fully saturated rings. The van der Waals surface area contributed by atoms with E-state index in [1.165, 1.54) is 95.4 Å². The van der Waals surface area contributed by atoms with E-state index >= 15 is 0 Å². The lowest BCUT2D eigenvalue weighted by Crippen LogP contribution is -2.15. The van der Waals surface area contributed by atoms with Crippen molar-refractivity contribution in [1.29, 1.82) is 0 Å². The average Bonchev–Trinajstić information content (AvgIpc) is 2.75. The molecule has 1 aromatic rings. The Balaban J connectivity index is 2.06. The third-order valence-electron chi connectivity index (χ3n) is 5.70. The Bertz CT molecular complexity index is 680. The molecule has 0 aliphatic rings. The lowest BCUT2D eigenvalue weighted by molar-refractivity contribution is -0.116. The number of aromatic nitrogens is 1. The Kier molecular flexibility index (Phi) is 15.5. The first-order valence-electron chi connectivity index (χ1n) is 12.3. The minimum atomic E-state index is -4.74. The second kappa shape index (κ2) is 17.2. The van der Waals surface area contributed by atoms with Gasteiger partial charge in [0.15, 0.2) is 5.85 Å². The van der Waals surface area contributed by atoms with Gasteiger partial charge >= 0.3 is 7.60 Å². The summed E-state index contributed by atoms with van der Waals surface area (Å²) < 4.78 is 11.3. The van der Waals surface area contributed by atoms with Crippen LogP contribution in [0.3, 0.4) is 0 Å². The Morgan fingerprint density at radius 2 is 1.38 bits per heavy atom. The summed E-state index contributed by atoms with van der Waals surface area (Å²) in [5.74, 6) is -2.27. The molecular weight excluding hydrogens is 427 g/mol. The number of anilines is 1. The van der Waals surface area contributed by atoms with E-state index in [1.807, 2.05) is 0 Å². The van der Waals surface area contributed by atoms with Crippen molar-refractivity contribution in [3.8, 4) is 0 Å². The van der Waals surface area contributed by atoms with Crippen LogP contribution in [0.1, 0.15) is 121 Å². The molecule has 0 spiro atoms. The number of nitrogens with zero attached hydrogens (tertiary/aromatic N) is 1. The van der Waals surface area contributed by atoms with Crippen molar-refractivity contribution < 1.29 is 24.3 Å². The number of unbranched alkanes of at least 4 members (excludes halogenated alkanes) is 14. The van der Waals surface area contributed by atoms with E-state index < -0.39 is 13.4 Å². The number of carbonyl (C=O) groups is 1. The maximum atomic E-state index is 12.1. The van der Waals surface area contributed by atoms with Crippen molar-refractivity contribution in [3.63, 3.8) is 0 Å². The molecule has 1 rings (SSSR count). The number of nitrogens with one attached hydrogen (secondary N) is 1. The molecule has 1 unspecified atom stereocenters. The number of amides is 1. The minimum absolute atomic E-state index is 0.00529. The zero-order valence-electron chi connectivity index (χ0n) is 19.7. The summed E-state index contributed by atoms with van der Waals surface area (Å²) in [6.07, 6.45) is 20.6. The van der Waals surface area contributed by atoms with E-state index in [9.17, 15) is 24.3 Å². The van der Waals surface area contributed by atoms with Crippen LogP contribution < -0.4 is 5.32 Å². The monoisotopic (exact) mass is 470 g/mol. The van der Waals surface area contributed by atoms with Gasteiger partial charge < -0.3 is 20.2 Å². The van der Waals surface area contributed by atoms with Gasteiger partial charge in [0, 0.05) is 18.2 Å². The van der Waals surface area contributed by atoms with Crippen LogP contribution in [0.4, 0.5) is 5.82 Å². The van der Waals surface area contributed by atoms with Crippen molar-refractivity contribution in [2.45, 2.75) is 116 Å². The zero-order valence-corrected chi connectivity index (χ0v) is 20.6. The molecule has 0 saturated carbocycles. The molecule has 0 saturated heterocycles. The quantitative estimate of drug-likeness (QED) is 0.136. The standard InChI is InChI=1S/C24H43N2O5P/c1-2-3-4-5-6-7-8-9-10-11-12-13-14-15-16-19-22(27)26-23-21(18-17-20-25-23)24(28)32(29,30)31/h17-18,20,24,28H,2-16,19H2,1H3,(H,25,26,27)(H2,29,30,31). The molecule has 0 aliphatic carbocycles. The molecule has 1 aromatic heterocycles. The Hall–Kier alpha value is -1.27. The van der Waals surface area contributed by atoms with Gasteiger partial charge in [-0.3, -0.25) is 9.36 Å². The van der Waals surface area contributed by atoms with Crippen LogP contribution in [0.25, 0.3) is 0 Å². The molecule has 0 aromatic carbocycles. The van der Waals surface area contributed by atoms with Crippen LogP contribution in [0.2, 0.25) is 0 Å². The first kappa shape index (κ1) is 28.8. The van der Waals surface area contributed by atoms with Crippen LogP contribution in [0.15, 0.2) is 18.3 Å². The van der Waals surface area contributed by atoms with Crippen molar-refractivity contribution in [1.82, 2.24) is 4.98 Å². The second-order valence-electron chi connectivity index (χ2n) is 8.65. The molecule has 0 radical (unpaired) electrons. The van der Waals surface area contributed by atoms with Crippen molar-refractivity contribution in [2.24, 2.45) is 0 Å². The summed E-state index contributed by atoms with van der Waals surface area (Å²) in [4.78, 5) is 34.4. The number of aliphatic hydroxyl groups is 1. The average molecular weight is 471 g/mol. The van der Waals surface area contributed by atoms with Crippen molar-refractivity contribution >= 4 is 19.3 Å². The molecule has 0 aliphatic heterocycles. The van der Waals surface area contributed by atoms with Gasteiger partial charge in [0.25, 0.3) is 0 Å². The van der Waals surface area contributed by atoms with Crippen LogP contribution >= 0.6 is 7.60 Å². The lowest BCUT2D eigenvalue weighted by Gasteiger charge is -2.16. The Morgan fingerprint density at radius 1 is 0.906 bits per heavy atom. The molecular formula is C24H43N2O5P. The van der Waals surface area contributed by atoms with Gasteiger partial charge in [0.05, 0.1) is 0 Å². The van der Waals surface area contributed by atoms with Gasteiger partial charge in [0.1, 0.15) is 5.82 Å². The van der Waals surface area contributed by atoms with Gasteiger partial charge in [-0.05, 0) is 12.5 Å². The smallest absolute Gasteiger partial charge is 0.358 e. The van der Waals surface area contributed by atoms with Gasteiger partial charge in [-0.2, -0.15) is 0 Å². The van der Waals surface area contributed by atoms with Crippen molar-refractivity contribution in [3.05, 3.63) is 23.9 Å². The molecule has 184 valence electrons. The first-order chi connectivity index (χ1) is 15.4. The lowest BCUT2D eigenvalue weighted by atomic mass is 10.0. The van der Waals surface area contributed by atoms with Crippen molar-refractivity contribution in [2.75, 3.05) is 5.32 Å². The van der Waals surface area contributed by atoms with Gasteiger partial charge in [-0.1, -0.05) is 103 Å². The summed E-state index contributed by atoms with van der Waals surface area (Å²) in [5.41, 5.74) is -0.0781. The largest absolute Gasteiger partial charge is 0.376 e. The maximum Gasteiger partial charge on any atom is 0.358 e. The summed E-state index contributed by atoms with van der Waals surface area (Å²) >= 11 is 0. The summed E-state index contributed by atoms with van der Waals surface area (Å²) in [7, 11) is -4.74. The molecule has 8 heteroatoms. The minimum Gasteiger partial charge on any atom is -0.376 e. The summed E-state index contributed by atoms with van der Waals surface area (Å²) in [6.45, 7) is 2.25. The van der Waals surface area contributed by atoms with Crippen LogP contribution in [-0.4, -0.2) is 25.8 Å². The first-order valence-corrected chi connectivity index (χ1v) is 14.0. The fourth-order valence-electron chi connectivity index (χ4n) is 3.76. The molecule has 32 heavy (non-hydrogen) atoms. The molecule has 7 nitrogen and oxygen atoms in total. The van der Waals surface area contributed by atoms with E-state index in [0.717, 1.165) is 19.3 Å². The van der Waals surface area contributed by atoms with E-state index in [2.05, 4.69) is 17.2 Å². The number of pyridine rings is 1. The number of carbonyl (C=O) groups excluding carboxylic acids is 1. The highest BCUT2D eigenvalue weighted by atomic mass is 31.2. The highest BCUT2D eigenvalue weighted by molar-refractivity contribution is 7.51. The maximum absolute atomic E-state index is 12.1. The molecule has 4 N–H and O–H groups in total. The molecule has 1 heterocycles. The van der Waals surface area contributed by atoms with Gasteiger partial charge in [0.2, 0.25) is 5.91 Å². The van der Waals surface area contributed by atoms with Gasteiger partial charge in [-0.25, -0.2) is 4.98 Å². The van der Waals surface area contributed by atoms with E-state index in [0.29, 0.717) is 6.42 Å². The van der Waals surface area contributed by atoms with Gasteiger partial charge in [-0.15, -0.1) is 0 Å². The number of hydrogen-bond donors (Lipinski definition) is 4. The predicted molar refractivity (Wildman–Crippen MR) is 129 cm³/mol. The predicted octanol–water partition coefficient (Wildman–Crippen LogP) is 6.45. The summed E-state index contributed by atoms with van der Waals surface area (Å²) in [6, 6.07) is 2.80. The molecule has 0 bridgehead atoms. The van der Waals surface area contributed by atoms with Crippen LogP contribution in [-0.2, 0) is 9.36 Å². The van der Waals surface area contributed by atoms with Crippen LogP contribution in [0.5, 0.6) is 0 Å². The second-order valence-corrected chi connectivity index (χ2v) is 10.3. The highest BCUT2D eigenvalue weighted by Crippen LogP contribution is 2.51. The Labute approximate surface area is 193 Å². The van der Waals surface area contributed by atoms with Crippen LogP contribution in [0, 0.1) is 0 Å². The summed E-state index contributed by atoms with van der Waals surface area (Å²) in [5, 5.41) is 12.4. The fourth-order valence-corrected chi connectivity index (χ4v) is 4.33. The normalized spacial score (nSPS) is 12.6. The number of hydrogen-bond acceptors (Lipinski definition) is 4. The third kappa shape index (κ3) is 13.3. The topological polar surface area (TPSA) is 120 Å². The third-order valence-corrected chi connectivity index (χ3v) is 6.62. The highest BCUT2D eigenvalue weighted by Gasteiger charge is 2.30. The molecule has 1 atom stereocenters. The van der Waals surface area contributed by atoms with E-state index in [4.69, 9.17) is 0 Å². The number of aliphatic hydroxyl groups excluding tert-OH is 1. The number of rotatable bonds is 19. The fraction of sp³-hybridized carbons (Fsp3) is 0.750. The zero-order chi connectivity index (χ0) is 23.7. The van der Waals surface area contributed by atoms with E-state index in [-0.39, 0.29) is 17.3 Å².